The number of nitrogens with one attached hydrogen (secondary N) is 1. The molecule has 0 bridgehead atoms. The first-order chi connectivity index (χ1) is 7.65. The third-order valence-electron chi connectivity index (χ3n) is 3.09. The number of rotatable bonds is 5. The number of hydrogen-bond donors (Lipinski definition) is 1. The van der Waals surface area contributed by atoms with Gasteiger partial charge in [-0.05, 0) is 39.2 Å². The topological polar surface area (TPSA) is 29.9 Å². The molecule has 3 nitrogen and oxygen atoms in total. The van der Waals surface area contributed by atoms with Crippen LogP contribution in [0.4, 0.5) is 0 Å². The lowest BCUT2D eigenvalue weighted by molar-refractivity contribution is 0.422. The van der Waals surface area contributed by atoms with Crippen molar-refractivity contribution in [3.8, 4) is 0 Å². The highest BCUT2D eigenvalue weighted by atomic mass is 35.5. The van der Waals surface area contributed by atoms with Crippen molar-refractivity contribution in [1.82, 2.24) is 15.1 Å². The van der Waals surface area contributed by atoms with Crippen LogP contribution in [0.2, 0.25) is 5.02 Å². The lowest BCUT2D eigenvalue weighted by atomic mass is 10.1. The normalized spacial score (nSPS) is 18.1. The van der Waals surface area contributed by atoms with Crippen molar-refractivity contribution < 1.29 is 0 Å². The van der Waals surface area contributed by atoms with E-state index in [1.54, 1.807) is 6.20 Å². The van der Waals surface area contributed by atoms with Gasteiger partial charge in [-0.1, -0.05) is 18.5 Å². The van der Waals surface area contributed by atoms with Gasteiger partial charge >= 0.3 is 0 Å². The van der Waals surface area contributed by atoms with Crippen molar-refractivity contribution in [1.29, 1.82) is 0 Å². The fourth-order valence-electron chi connectivity index (χ4n) is 2.19. The summed E-state index contributed by atoms with van der Waals surface area (Å²) in [7, 11) is 0. The molecule has 90 valence electrons. The van der Waals surface area contributed by atoms with Crippen molar-refractivity contribution in [2.45, 2.75) is 45.7 Å². The van der Waals surface area contributed by atoms with E-state index in [-0.39, 0.29) is 0 Å². The minimum Gasteiger partial charge on any atom is -0.309 e. The van der Waals surface area contributed by atoms with Crippen LogP contribution in [0.3, 0.4) is 0 Å². The Morgan fingerprint density at radius 2 is 2.25 bits per heavy atom. The standard InChI is InChI=1S/C12H20ClN3/c1-4-14-11(9-5-6-9)12-10(13)7-15-16(12)8(2)3/h7-9,11,14H,4-6H2,1-3H3. The van der Waals surface area contributed by atoms with Crippen LogP contribution in [0, 0.1) is 5.92 Å². The fourth-order valence-corrected chi connectivity index (χ4v) is 2.44. The van der Waals surface area contributed by atoms with Crippen LogP contribution in [-0.4, -0.2) is 16.3 Å². The van der Waals surface area contributed by atoms with Gasteiger partial charge in [-0.15, -0.1) is 0 Å². The van der Waals surface area contributed by atoms with Crippen LogP contribution in [0.25, 0.3) is 0 Å². The lowest BCUT2D eigenvalue weighted by Crippen LogP contribution is -2.26. The van der Waals surface area contributed by atoms with Gasteiger partial charge in [0.1, 0.15) is 0 Å². The highest BCUT2D eigenvalue weighted by Gasteiger charge is 2.35. The van der Waals surface area contributed by atoms with E-state index in [9.17, 15) is 0 Å². The molecule has 1 N–H and O–H groups in total. The Bertz CT molecular complexity index is 355. The molecule has 0 radical (unpaired) electrons. The maximum absolute atomic E-state index is 6.27. The SMILES string of the molecule is CCNC(c1c(Cl)cnn1C(C)C)C1CC1. The molecule has 4 heteroatoms. The molecule has 1 unspecified atom stereocenters. The summed E-state index contributed by atoms with van der Waals surface area (Å²) >= 11 is 6.27. The van der Waals surface area contributed by atoms with E-state index in [2.05, 4.69) is 31.2 Å². The molecule has 16 heavy (non-hydrogen) atoms. The Balaban J connectivity index is 2.31. The number of nitrogens with zero attached hydrogens (tertiary/aromatic N) is 2. The molecular weight excluding hydrogens is 222 g/mol. The molecule has 1 fully saturated rings. The van der Waals surface area contributed by atoms with Crippen molar-refractivity contribution in [3.63, 3.8) is 0 Å². The zero-order valence-corrected chi connectivity index (χ0v) is 11.0. The fraction of sp³-hybridized carbons (Fsp3) is 0.750. The third-order valence-corrected chi connectivity index (χ3v) is 3.38. The Kier molecular flexibility index (Phi) is 3.55. The van der Waals surface area contributed by atoms with E-state index in [0.29, 0.717) is 12.1 Å². The van der Waals surface area contributed by atoms with Gasteiger partial charge < -0.3 is 5.32 Å². The van der Waals surface area contributed by atoms with E-state index in [0.717, 1.165) is 17.5 Å². The van der Waals surface area contributed by atoms with Crippen LogP contribution < -0.4 is 5.32 Å². The Hall–Kier alpha value is -0.540. The van der Waals surface area contributed by atoms with Crippen molar-refractivity contribution >= 4 is 11.6 Å². The first-order valence-electron chi connectivity index (χ1n) is 6.11. The van der Waals surface area contributed by atoms with Gasteiger partial charge in [-0.25, -0.2) is 0 Å². The van der Waals surface area contributed by atoms with Crippen LogP contribution in [0.1, 0.15) is 51.4 Å². The number of hydrogen-bond acceptors (Lipinski definition) is 2. The summed E-state index contributed by atoms with van der Waals surface area (Å²) in [4.78, 5) is 0. The summed E-state index contributed by atoms with van der Waals surface area (Å²) in [5, 5.41) is 8.71. The molecule has 0 aromatic carbocycles. The van der Waals surface area contributed by atoms with Crippen LogP contribution in [0.5, 0.6) is 0 Å². The average molecular weight is 242 g/mol. The van der Waals surface area contributed by atoms with Gasteiger partial charge in [0, 0.05) is 6.04 Å². The van der Waals surface area contributed by atoms with Crippen LogP contribution in [0.15, 0.2) is 6.20 Å². The molecule has 2 rings (SSSR count). The van der Waals surface area contributed by atoms with Crippen LogP contribution in [-0.2, 0) is 0 Å². The van der Waals surface area contributed by atoms with E-state index in [1.807, 2.05) is 4.68 Å². The summed E-state index contributed by atoms with van der Waals surface area (Å²) in [6.45, 7) is 7.39. The molecule has 0 amide bonds. The predicted molar refractivity (Wildman–Crippen MR) is 66.8 cm³/mol. The first-order valence-corrected chi connectivity index (χ1v) is 6.49. The number of halogens is 1. The molecule has 1 atom stereocenters. The summed E-state index contributed by atoms with van der Waals surface area (Å²) in [6.07, 6.45) is 4.37. The van der Waals surface area contributed by atoms with Gasteiger partial charge in [-0.3, -0.25) is 4.68 Å². The van der Waals surface area contributed by atoms with Gasteiger partial charge in [0.15, 0.2) is 0 Å². The van der Waals surface area contributed by atoms with Crippen LogP contribution >= 0.6 is 11.6 Å². The number of aromatic nitrogens is 2. The second-order valence-corrected chi connectivity index (χ2v) is 5.20. The van der Waals surface area contributed by atoms with E-state index in [1.165, 1.54) is 18.5 Å². The van der Waals surface area contributed by atoms with Crippen molar-refractivity contribution in [2.75, 3.05) is 6.54 Å². The van der Waals surface area contributed by atoms with Gasteiger partial charge in [0.05, 0.1) is 23.0 Å². The summed E-state index contributed by atoms with van der Waals surface area (Å²) in [5.41, 5.74) is 1.17. The summed E-state index contributed by atoms with van der Waals surface area (Å²) in [5.74, 6) is 0.742. The lowest BCUT2D eigenvalue weighted by Gasteiger charge is -2.21. The molecule has 1 saturated carbocycles. The average Bonchev–Trinajstić information content (AvgIpc) is 2.99. The smallest absolute Gasteiger partial charge is 0.0834 e. The van der Waals surface area contributed by atoms with E-state index >= 15 is 0 Å². The molecule has 0 aliphatic heterocycles. The maximum atomic E-state index is 6.27. The molecule has 0 saturated heterocycles. The molecule has 1 aromatic heterocycles. The van der Waals surface area contributed by atoms with Crippen molar-refractivity contribution in [2.24, 2.45) is 5.92 Å². The molecule has 1 heterocycles. The third kappa shape index (κ3) is 2.25. The highest BCUT2D eigenvalue weighted by molar-refractivity contribution is 6.31. The Labute approximate surface area is 102 Å². The van der Waals surface area contributed by atoms with E-state index in [4.69, 9.17) is 11.6 Å². The predicted octanol–water partition coefficient (Wildman–Crippen LogP) is 3.18. The second kappa shape index (κ2) is 4.76. The minimum absolute atomic E-state index is 0.363. The second-order valence-electron chi connectivity index (χ2n) is 4.79. The summed E-state index contributed by atoms with van der Waals surface area (Å²) in [6, 6.07) is 0.741. The Morgan fingerprint density at radius 1 is 1.56 bits per heavy atom. The zero-order valence-electron chi connectivity index (χ0n) is 10.2. The zero-order chi connectivity index (χ0) is 11.7. The van der Waals surface area contributed by atoms with Gasteiger partial charge in [0.2, 0.25) is 0 Å². The Morgan fingerprint density at radius 3 is 2.75 bits per heavy atom. The monoisotopic (exact) mass is 241 g/mol. The largest absolute Gasteiger partial charge is 0.309 e. The summed E-state index contributed by atoms with van der Waals surface area (Å²) < 4.78 is 2.05. The van der Waals surface area contributed by atoms with E-state index < -0.39 is 0 Å². The van der Waals surface area contributed by atoms with Gasteiger partial charge in [-0.2, -0.15) is 5.10 Å². The molecular formula is C12H20ClN3. The maximum Gasteiger partial charge on any atom is 0.0834 e. The van der Waals surface area contributed by atoms with Crippen molar-refractivity contribution in [3.05, 3.63) is 16.9 Å². The molecule has 1 aliphatic carbocycles. The molecule has 1 aromatic rings. The first kappa shape index (κ1) is 11.9. The highest BCUT2D eigenvalue weighted by Crippen LogP contribution is 2.43. The molecule has 1 aliphatic rings. The minimum atomic E-state index is 0.363. The van der Waals surface area contributed by atoms with Gasteiger partial charge in [0.25, 0.3) is 0 Å². The quantitative estimate of drug-likeness (QED) is 0.858. The molecule has 0 spiro atoms.